The van der Waals surface area contributed by atoms with E-state index in [0.717, 1.165) is 12.8 Å². The second kappa shape index (κ2) is 7.89. The topological polar surface area (TPSA) is 94.2 Å². The SMILES string of the molecule is COC(=O)c1ccc2c(=O)n(C[C@H]3CCCO3)c(S[C@@H](C)C#N)nc2c1. The van der Waals surface area contributed by atoms with Crippen molar-refractivity contribution in [3.8, 4) is 6.07 Å². The van der Waals surface area contributed by atoms with Gasteiger partial charge in [0.15, 0.2) is 5.16 Å². The molecule has 1 aromatic carbocycles. The number of benzene rings is 1. The Kier molecular flexibility index (Phi) is 5.59. The van der Waals surface area contributed by atoms with Gasteiger partial charge >= 0.3 is 5.97 Å². The van der Waals surface area contributed by atoms with Crippen molar-refractivity contribution in [1.82, 2.24) is 9.55 Å². The first-order chi connectivity index (χ1) is 12.5. The number of fused-ring (bicyclic) bond motifs is 1. The lowest BCUT2D eigenvalue weighted by molar-refractivity contribution is 0.0601. The molecule has 0 aliphatic carbocycles. The van der Waals surface area contributed by atoms with E-state index < -0.39 is 5.97 Å². The van der Waals surface area contributed by atoms with Crippen molar-refractivity contribution in [3.63, 3.8) is 0 Å². The molecule has 8 heteroatoms. The number of ether oxygens (including phenoxy) is 2. The summed E-state index contributed by atoms with van der Waals surface area (Å²) >= 11 is 1.22. The Balaban J connectivity index is 2.11. The van der Waals surface area contributed by atoms with Gasteiger partial charge < -0.3 is 9.47 Å². The second-order valence-electron chi connectivity index (χ2n) is 6.06. The Morgan fingerprint density at radius 2 is 2.38 bits per heavy atom. The summed E-state index contributed by atoms with van der Waals surface area (Å²) in [6, 6.07) is 6.83. The van der Waals surface area contributed by atoms with E-state index in [-0.39, 0.29) is 16.9 Å². The van der Waals surface area contributed by atoms with Crippen molar-refractivity contribution in [1.29, 1.82) is 5.26 Å². The van der Waals surface area contributed by atoms with E-state index in [0.29, 0.717) is 34.8 Å². The van der Waals surface area contributed by atoms with Crippen LogP contribution in [0.1, 0.15) is 30.1 Å². The molecule has 7 nitrogen and oxygen atoms in total. The third kappa shape index (κ3) is 3.74. The summed E-state index contributed by atoms with van der Waals surface area (Å²) in [4.78, 5) is 29.3. The van der Waals surface area contributed by atoms with E-state index in [2.05, 4.69) is 11.1 Å². The minimum absolute atomic E-state index is 0.0296. The fourth-order valence-electron chi connectivity index (χ4n) is 2.87. The van der Waals surface area contributed by atoms with Crippen LogP contribution in [0.2, 0.25) is 0 Å². The van der Waals surface area contributed by atoms with Crippen LogP contribution in [0.5, 0.6) is 0 Å². The zero-order valence-electron chi connectivity index (χ0n) is 14.6. The molecule has 3 rings (SSSR count). The quantitative estimate of drug-likeness (QED) is 0.451. The predicted octanol–water partition coefficient (Wildman–Crippen LogP) is 2.37. The summed E-state index contributed by atoms with van der Waals surface area (Å²) in [5.74, 6) is -0.489. The summed E-state index contributed by atoms with van der Waals surface area (Å²) in [5, 5.41) is 9.64. The van der Waals surface area contributed by atoms with Gasteiger partial charge in [-0.1, -0.05) is 11.8 Å². The molecular weight excluding hydrogens is 354 g/mol. The molecule has 0 bridgehead atoms. The maximum atomic E-state index is 13.0. The average molecular weight is 373 g/mol. The molecule has 2 atom stereocenters. The van der Waals surface area contributed by atoms with Crippen LogP contribution in [0, 0.1) is 11.3 Å². The Labute approximate surface area is 154 Å². The molecule has 1 aromatic heterocycles. The fourth-order valence-corrected chi connectivity index (χ4v) is 3.68. The number of hydrogen-bond donors (Lipinski definition) is 0. The number of aromatic nitrogens is 2. The minimum Gasteiger partial charge on any atom is -0.465 e. The van der Waals surface area contributed by atoms with Crippen molar-refractivity contribution in [2.75, 3.05) is 13.7 Å². The number of methoxy groups -OCH3 is 1. The Bertz CT molecular complexity index is 928. The molecule has 0 amide bonds. The predicted molar refractivity (Wildman–Crippen MR) is 97.2 cm³/mol. The smallest absolute Gasteiger partial charge is 0.337 e. The highest BCUT2D eigenvalue weighted by atomic mass is 32.2. The first kappa shape index (κ1) is 18.4. The third-order valence-electron chi connectivity index (χ3n) is 4.22. The number of thioether (sulfide) groups is 1. The van der Waals surface area contributed by atoms with Crippen LogP contribution < -0.4 is 5.56 Å². The molecule has 1 saturated heterocycles. The highest BCUT2D eigenvalue weighted by molar-refractivity contribution is 8.00. The van der Waals surface area contributed by atoms with E-state index in [4.69, 9.17) is 14.7 Å². The summed E-state index contributed by atoms with van der Waals surface area (Å²) < 4.78 is 12.0. The molecule has 0 unspecified atom stereocenters. The lowest BCUT2D eigenvalue weighted by Crippen LogP contribution is -2.29. The van der Waals surface area contributed by atoms with E-state index in [1.165, 1.54) is 18.9 Å². The number of carbonyl (C=O) groups is 1. The van der Waals surface area contributed by atoms with Crippen LogP contribution in [0.4, 0.5) is 0 Å². The van der Waals surface area contributed by atoms with Crippen molar-refractivity contribution in [2.24, 2.45) is 0 Å². The van der Waals surface area contributed by atoms with Gasteiger partial charge in [-0.2, -0.15) is 5.26 Å². The zero-order chi connectivity index (χ0) is 18.7. The van der Waals surface area contributed by atoms with E-state index in [1.807, 2.05) is 0 Å². The summed E-state index contributed by atoms with van der Waals surface area (Å²) in [6.45, 7) is 2.85. The number of esters is 1. The molecule has 0 saturated carbocycles. The standard InChI is InChI=1S/C18H19N3O4S/c1-11(9-19)26-18-20-15-8-12(17(23)24-2)5-6-14(15)16(22)21(18)10-13-4-3-7-25-13/h5-6,8,11,13H,3-4,7,10H2,1-2H3/t11-,13+/m0/s1. The van der Waals surface area contributed by atoms with Gasteiger partial charge in [0.1, 0.15) is 0 Å². The van der Waals surface area contributed by atoms with Crippen LogP contribution in [-0.2, 0) is 16.0 Å². The van der Waals surface area contributed by atoms with E-state index in [1.54, 1.807) is 29.7 Å². The van der Waals surface area contributed by atoms with Gasteiger partial charge in [-0.25, -0.2) is 9.78 Å². The van der Waals surface area contributed by atoms with E-state index in [9.17, 15) is 9.59 Å². The van der Waals surface area contributed by atoms with Crippen molar-refractivity contribution >= 4 is 28.6 Å². The first-order valence-electron chi connectivity index (χ1n) is 8.34. The highest BCUT2D eigenvalue weighted by Crippen LogP contribution is 2.24. The number of hydrogen-bond acceptors (Lipinski definition) is 7. The summed E-state index contributed by atoms with van der Waals surface area (Å²) in [7, 11) is 1.30. The van der Waals surface area contributed by atoms with Crippen LogP contribution in [0.3, 0.4) is 0 Å². The second-order valence-corrected chi connectivity index (χ2v) is 7.37. The van der Waals surface area contributed by atoms with E-state index >= 15 is 0 Å². The van der Waals surface area contributed by atoms with Gasteiger partial charge in [0, 0.05) is 6.61 Å². The lowest BCUT2D eigenvalue weighted by Gasteiger charge is -2.17. The molecule has 26 heavy (non-hydrogen) atoms. The van der Waals surface area contributed by atoms with Crippen LogP contribution in [0.25, 0.3) is 10.9 Å². The van der Waals surface area contributed by atoms with Crippen LogP contribution in [0.15, 0.2) is 28.2 Å². The van der Waals surface area contributed by atoms with Crippen molar-refractivity contribution < 1.29 is 14.3 Å². The van der Waals surface area contributed by atoms with Crippen molar-refractivity contribution in [3.05, 3.63) is 34.1 Å². The maximum Gasteiger partial charge on any atom is 0.337 e. The largest absolute Gasteiger partial charge is 0.465 e. The monoisotopic (exact) mass is 373 g/mol. The highest BCUT2D eigenvalue weighted by Gasteiger charge is 2.21. The van der Waals surface area contributed by atoms with Gasteiger partial charge in [0.2, 0.25) is 0 Å². The Morgan fingerprint density at radius 1 is 1.58 bits per heavy atom. The molecule has 1 aliphatic heterocycles. The van der Waals surface area contributed by atoms with Gasteiger partial charge in [-0.15, -0.1) is 0 Å². The Morgan fingerprint density at radius 3 is 3.04 bits per heavy atom. The van der Waals surface area contributed by atoms with Gasteiger partial charge in [-0.05, 0) is 38.0 Å². The summed E-state index contributed by atoms with van der Waals surface area (Å²) in [6.07, 6.45) is 1.84. The lowest BCUT2D eigenvalue weighted by atomic mass is 10.1. The van der Waals surface area contributed by atoms with Gasteiger partial charge in [0.05, 0.1) is 47.5 Å². The number of nitriles is 1. The molecule has 0 N–H and O–H groups in total. The molecular formula is C18H19N3O4S. The number of rotatable bonds is 5. The first-order valence-corrected chi connectivity index (χ1v) is 9.22. The normalized spacial score (nSPS) is 17.8. The molecule has 2 aromatic rings. The van der Waals surface area contributed by atoms with Crippen LogP contribution in [-0.4, -0.2) is 40.6 Å². The zero-order valence-corrected chi connectivity index (χ0v) is 15.4. The summed E-state index contributed by atoms with van der Waals surface area (Å²) in [5.41, 5.74) is 0.539. The average Bonchev–Trinajstić information content (AvgIpc) is 3.16. The van der Waals surface area contributed by atoms with Gasteiger partial charge in [-0.3, -0.25) is 9.36 Å². The minimum atomic E-state index is -0.489. The fraction of sp³-hybridized carbons (Fsp3) is 0.444. The molecule has 2 heterocycles. The maximum absolute atomic E-state index is 13.0. The Hall–Kier alpha value is -2.37. The molecule has 1 aliphatic rings. The van der Waals surface area contributed by atoms with Crippen molar-refractivity contribution in [2.45, 2.75) is 42.8 Å². The van der Waals surface area contributed by atoms with Gasteiger partial charge in [0.25, 0.3) is 5.56 Å². The van der Waals surface area contributed by atoms with Crippen LogP contribution >= 0.6 is 11.8 Å². The number of carbonyl (C=O) groups excluding carboxylic acids is 1. The number of nitrogens with zero attached hydrogens (tertiary/aromatic N) is 3. The molecule has 136 valence electrons. The molecule has 0 spiro atoms. The third-order valence-corrected chi connectivity index (χ3v) is 5.20. The molecule has 1 fully saturated rings. The molecule has 0 radical (unpaired) electrons.